The Bertz CT molecular complexity index is 1360. The van der Waals surface area contributed by atoms with Gasteiger partial charge in [-0.2, -0.15) is 18.3 Å². The van der Waals surface area contributed by atoms with Crippen molar-refractivity contribution in [2.45, 2.75) is 63.8 Å². The van der Waals surface area contributed by atoms with E-state index in [1.807, 2.05) is 5.32 Å². The Balaban J connectivity index is 1.25. The highest BCUT2D eigenvalue weighted by atomic mass is 19.4. The van der Waals surface area contributed by atoms with Crippen molar-refractivity contribution < 1.29 is 27.4 Å². The second-order valence-corrected chi connectivity index (χ2v) is 10.6. The van der Waals surface area contributed by atoms with Gasteiger partial charge in [-0.25, -0.2) is 18.9 Å². The average molecular weight is 533 g/mol. The zero-order chi connectivity index (χ0) is 26.6. The molecule has 3 amide bonds. The smallest absolute Gasteiger partial charge is 0.342 e. The van der Waals surface area contributed by atoms with Gasteiger partial charge in [0.25, 0.3) is 5.91 Å². The topological polar surface area (TPSA) is 131 Å². The van der Waals surface area contributed by atoms with Gasteiger partial charge >= 0.3 is 12.2 Å². The van der Waals surface area contributed by atoms with Crippen molar-refractivity contribution in [2.24, 2.45) is 17.8 Å². The fourth-order valence-corrected chi connectivity index (χ4v) is 6.26. The van der Waals surface area contributed by atoms with E-state index in [1.165, 1.54) is 25.5 Å². The number of carbonyl (C=O) groups is 2. The van der Waals surface area contributed by atoms with Crippen molar-refractivity contribution in [1.82, 2.24) is 40.4 Å². The molecule has 3 aromatic heterocycles. The summed E-state index contributed by atoms with van der Waals surface area (Å²) in [6, 6.07) is -1.36. The summed E-state index contributed by atoms with van der Waals surface area (Å²) in [5, 5.41) is 16.9. The van der Waals surface area contributed by atoms with Crippen molar-refractivity contribution in [3.8, 4) is 0 Å². The molecule has 14 heteroatoms. The van der Waals surface area contributed by atoms with Crippen LogP contribution in [0, 0.1) is 24.7 Å². The maximum atomic E-state index is 13.1. The second kappa shape index (κ2) is 9.24. The number of aryl methyl sites for hydroxylation is 1. The molecule has 3 aromatic rings. The number of nitrogens with zero attached hydrogens (tertiary/aromatic N) is 6. The van der Waals surface area contributed by atoms with Crippen LogP contribution in [0.5, 0.6) is 0 Å². The number of amides is 3. The van der Waals surface area contributed by atoms with Gasteiger partial charge in [0, 0.05) is 6.54 Å². The van der Waals surface area contributed by atoms with Gasteiger partial charge in [0.1, 0.15) is 11.7 Å². The van der Waals surface area contributed by atoms with Crippen LogP contribution >= 0.6 is 0 Å². The summed E-state index contributed by atoms with van der Waals surface area (Å²) < 4.78 is 45.4. The van der Waals surface area contributed by atoms with Crippen LogP contribution in [-0.2, 0) is 6.54 Å². The third-order valence-corrected chi connectivity index (χ3v) is 8.12. The van der Waals surface area contributed by atoms with E-state index in [4.69, 9.17) is 9.61 Å². The van der Waals surface area contributed by atoms with Gasteiger partial charge in [-0.3, -0.25) is 4.79 Å². The SMILES string of the molecule is Cc1nonc1C(=O)NC(c1cn2ncc(CN3C[C@@H](C(F)(F)F)NC3=O)cc2n1)C1C[C@H]2CCC[C@H]2C1. The minimum Gasteiger partial charge on any atom is -0.342 e. The highest BCUT2D eigenvalue weighted by molar-refractivity contribution is 5.93. The Kier molecular flexibility index (Phi) is 5.99. The highest BCUT2D eigenvalue weighted by Crippen LogP contribution is 2.50. The molecule has 0 radical (unpaired) electrons. The summed E-state index contributed by atoms with van der Waals surface area (Å²) >= 11 is 0. The maximum Gasteiger partial charge on any atom is 0.410 e. The maximum absolute atomic E-state index is 13.1. The molecule has 1 saturated heterocycles. The minimum absolute atomic E-state index is 0.0330. The molecule has 2 N–H and O–H groups in total. The molecule has 5 atom stereocenters. The molecule has 6 rings (SSSR count). The van der Waals surface area contributed by atoms with E-state index >= 15 is 0 Å². The van der Waals surface area contributed by atoms with Crippen molar-refractivity contribution in [2.75, 3.05) is 6.54 Å². The normalized spacial score (nSPS) is 26.1. The van der Waals surface area contributed by atoms with Crippen molar-refractivity contribution >= 4 is 17.6 Å². The van der Waals surface area contributed by atoms with Crippen LogP contribution in [0.15, 0.2) is 23.1 Å². The molecular weight excluding hydrogens is 505 g/mol. The number of hydrogen-bond acceptors (Lipinski definition) is 7. The first-order valence-electron chi connectivity index (χ1n) is 12.7. The molecule has 2 saturated carbocycles. The van der Waals surface area contributed by atoms with Crippen molar-refractivity contribution in [1.29, 1.82) is 0 Å². The molecular formula is C24H27F3N8O3. The molecule has 3 fully saturated rings. The van der Waals surface area contributed by atoms with Crippen molar-refractivity contribution in [3.63, 3.8) is 0 Å². The standard InChI is InChI=1S/C24H27F3N8O3/c1-12-20(33-38-32-12)22(36)31-21(16-6-14-3-2-4-15(14)7-16)17-10-35-19(29-17)5-13(8-28-35)9-34-11-18(24(25,26)27)30-23(34)37/h5,8,10,14-16,18,21H,2-4,6-7,9,11H2,1H3,(H,30,37)(H,31,36)/t14-,15+,16?,18-,21?/m0/s1. The molecule has 0 aromatic carbocycles. The first-order chi connectivity index (χ1) is 18.2. The van der Waals surface area contributed by atoms with E-state index in [1.54, 1.807) is 23.7 Å². The average Bonchev–Trinajstić information content (AvgIpc) is 3.66. The third kappa shape index (κ3) is 4.56. The van der Waals surface area contributed by atoms with Crippen LogP contribution in [0.25, 0.3) is 5.65 Å². The molecule has 0 spiro atoms. The molecule has 202 valence electrons. The Morgan fingerprint density at radius 1 is 1.26 bits per heavy atom. The number of hydrogen-bond donors (Lipinski definition) is 2. The Morgan fingerprint density at radius 3 is 2.68 bits per heavy atom. The van der Waals surface area contributed by atoms with Crippen LogP contribution in [0.4, 0.5) is 18.0 Å². The summed E-state index contributed by atoms with van der Waals surface area (Å²) in [4.78, 5) is 31.0. The van der Waals surface area contributed by atoms with E-state index in [0.29, 0.717) is 34.4 Å². The number of nitrogens with one attached hydrogen (secondary N) is 2. The van der Waals surface area contributed by atoms with Crippen molar-refractivity contribution in [3.05, 3.63) is 41.1 Å². The number of carbonyl (C=O) groups excluding carboxylic acids is 2. The van der Waals surface area contributed by atoms with Gasteiger partial charge in [0.2, 0.25) is 0 Å². The van der Waals surface area contributed by atoms with Gasteiger partial charge in [-0.1, -0.05) is 24.4 Å². The van der Waals surface area contributed by atoms with E-state index in [9.17, 15) is 22.8 Å². The van der Waals surface area contributed by atoms with Gasteiger partial charge in [0.15, 0.2) is 11.3 Å². The number of alkyl halides is 3. The molecule has 1 aliphatic heterocycles. The lowest BCUT2D eigenvalue weighted by molar-refractivity contribution is -0.149. The van der Waals surface area contributed by atoms with Crippen LogP contribution in [-0.4, -0.2) is 60.5 Å². The van der Waals surface area contributed by atoms with Gasteiger partial charge in [-0.05, 0) is 54.3 Å². The zero-order valence-electron chi connectivity index (χ0n) is 20.6. The summed E-state index contributed by atoms with van der Waals surface area (Å²) in [5.41, 5.74) is 2.18. The molecule has 0 bridgehead atoms. The lowest BCUT2D eigenvalue weighted by Crippen LogP contribution is -2.40. The van der Waals surface area contributed by atoms with Crippen LogP contribution in [0.2, 0.25) is 0 Å². The molecule has 11 nitrogen and oxygen atoms in total. The summed E-state index contributed by atoms with van der Waals surface area (Å²) in [7, 11) is 0. The molecule has 2 unspecified atom stereocenters. The second-order valence-electron chi connectivity index (χ2n) is 10.6. The lowest BCUT2D eigenvalue weighted by atomic mass is 9.92. The molecule has 38 heavy (non-hydrogen) atoms. The fraction of sp³-hybridized carbons (Fsp3) is 0.583. The number of fused-ring (bicyclic) bond motifs is 2. The predicted molar refractivity (Wildman–Crippen MR) is 125 cm³/mol. The highest BCUT2D eigenvalue weighted by Gasteiger charge is 2.47. The minimum atomic E-state index is -4.51. The first-order valence-corrected chi connectivity index (χ1v) is 12.7. The Labute approximate surface area is 215 Å². The summed E-state index contributed by atoms with van der Waals surface area (Å²) in [5.74, 6) is 1.08. The quantitative estimate of drug-likeness (QED) is 0.499. The number of rotatable bonds is 6. The Hall–Kier alpha value is -3.71. The number of imidazole rings is 1. The lowest BCUT2D eigenvalue weighted by Gasteiger charge is -2.23. The molecule has 2 aliphatic carbocycles. The van der Waals surface area contributed by atoms with Crippen LogP contribution < -0.4 is 10.6 Å². The number of aromatic nitrogens is 5. The third-order valence-electron chi connectivity index (χ3n) is 8.12. The van der Waals surface area contributed by atoms with Crippen LogP contribution in [0.3, 0.4) is 0 Å². The van der Waals surface area contributed by atoms with Gasteiger partial charge in [-0.15, -0.1) is 0 Å². The van der Waals surface area contributed by atoms with Gasteiger partial charge in [0.05, 0.1) is 30.7 Å². The molecule has 4 heterocycles. The molecule has 3 aliphatic rings. The fourth-order valence-electron chi connectivity index (χ4n) is 6.26. The summed E-state index contributed by atoms with van der Waals surface area (Å²) in [6.45, 7) is 1.14. The monoisotopic (exact) mass is 532 g/mol. The number of urea groups is 1. The van der Waals surface area contributed by atoms with Crippen LogP contribution in [0.1, 0.15) is 65.6 Å². The zero-order valence-corrected chi connectivity index (χ0v) is 20.6. The van der Waals surface area contributed by atoms with E-state index in [0.717, 1.165) is 17.7 Å². The largest absolute Gasteiger partial charge is 0.410 e. The first kappa shape index (κ1) is 24.6. The van der Waals surface area contributed by atoms with E-state index in [2.05, 4.69) is 20.7 Å². The summed E-state index contributed by atoms with van der Waals surface area (Å²) in [6.07, 6.45) is 4.36. The Morgan fingerprint density at radius 2 is 2.03 bits per heavy atom. The number of halogens is 3. The van der Waals surface area contributed by atoms with E-state index in [-0.39, 0.29) is 24.2 Å². The van der Waals surface area contributed by atoms with Gasteiger partial charge < -0.3 is 15.5 Å². The van der Waals surface area contributed by atoms with E-state index < -0.39 is 30.7 Å². The predicted octanol–water partition coefficient (Wildman–Crippen LogP) is 3.17.